The number of aromatic carboxylic acids is 1. The molecule has 0 aromatic heterocycles. The number of methoxy groups -OCH3 is 1. The summed E-state index contributed by atoms with van der Waals surface area (Å²) in [5, 5.41) is 9.02. The number of unbranched alkanes of at least 4 members (excludes halogenated alkanes) is 1. The average molecular weight is 380 g/mol. The smallest absolute Gasteiger partial charge is 0.335 e. The van der Waals surface area contributed by atoms with Crippen molar-refractivity contribution in [3.05, 3.63) is 27.7 Å². The Labute approximate surface area is 132 Å². The lowest BCUT2D eigenvalue weighted by Crippen LogP contribution is -2.25. The van der Waals surface area contributed by atoms with Gasteiger partial charge < -0.3 is 9.84 Å². The molecule has 1 aromatic carbocycles. The van der Waals surface area contributed by atoms with E-state index in [1.807, 2.05) is 0 Å². The van der Waals surface area contributed by atoms with Crippen LogP contribution in [0.25, 0.3) is 0 Å². The monoisotopic (exact) mass is 379 g/mol. The summed E-state index contributed by atoms with van der Waals surface area (Å²) in [4.78, 5) is 11.0. The predicted molar refractivity (Wildman–Crippen MR) is 82.1 cm³/mol. The summed E-state index contributed by atoms with van der Waals surface area (Å²) >= 11 is 3.20. The maximum absolute atomic E-state index is 12.2. The molecule has 0 saturated heterocycles. The van der Waals surface area contributed by atoms with E-state index in [1.165, 1.54) is 6.07 Å². The highest BCUT2D eigenvalue weighted by Crippen LogP contribution is 2.27. The van der Waals surface area contributed by atoms with Crippen LogP contribution in [0.1, 0.15) is 28.8 Å². The molecule has 8 heteroatoms. The number of hydrogen-bond acceptors (Lipinski definition) is 4. The molecular formula is C13H18BrNO5S. The normalized spacial score (nSPS) is 11.6. The molecule has 0 unspecified atom stereocenters. The Bertz CT molecular complexity index is 615. The maximum atomic E-state index is 12.2. The van der Waals surface area contributed by atoms with Gasteiger partial charge in [0.25, 0.3) is 0 Å². The van der Waals surface area contributed by atoms with Crippen molar-refractivity contribution in [2.75, 3.05) is 20.3 Å². The molecule has 6 nitrogen and oxygen atoms in total. The van der Waals surface area contributed by atoms with Gasteiger partial charge in [0.15, 0.2) is 0 Å². The van der Waals surface area contributed by atoms with Crippen LogP contribution >= 0.6 is 15.9 Å². The second kappa shape index (κ2) is 7.88. The molecule has 0 amide bonds. The predicted octanol–water partition coefficient (Wildman–Crippen LogP) is 2.16. The van der Waals surface area contributed by atoms with Crippen molar-refractivity contribution in [1.29, 1.82) is 0 Å². The van der Waals surface area contributed by atoms with E-state index >= 15 is 0 Å². The summed E-state index contributed by atoms with van der Waals surface area (Å²) in [5.41, 5.74) is 0.491. The van der Waals surface area contributed by atoms with Crippen LogP contribution in [0.15, 0.2) is 21.5 Å². The maximum Gasteiger partial charge on any atom is 0.335 e. The molecule has 0 bridgehead atoms. The van der Waals surface area contributed by atoms with Gasteiger partial charge in [0, 0.05) is 24.7 Å². The molecule has 0 radical (unpaired) electrons. The van der Waals surface area contributed by atoms with E-state index in [9.17, 15) is 13.2 Å². The van der Waals surface area contributed by atoms with Crippen LogP contribution in [-0.4, -0.2) is 39.8 Å². The lowest BCUT2D eigenvalue weighted by molar-refractivity contribution is 0.0696. The number of rotatable bonds is 8. The third-order valence-corrected chi connectivity index (χ3v) is 5.63. The fourth-order valence-corrected chi connectivity index (χ4v) is 3.83. The molecular weight excluding hydrogens is 362 g/mol. The van der Waals surface area contributed by atoms with Gasteiger partial charge in [-0.3, -0.25) is 0 Å². The Kier molecular flexibility index (Phi) is 6.79. The summed E-state index contributed by atoms with van der Waals surface area (Å²) in [6.45, 7) is 2.49. The summed E-state index contributed by atoms with van der Waals surface area (Å²) < 4.78 is 32.2. The van der Waals surface area contributed by atoms with Crippen molar-refractivity contribution >= 4 is 31.9 Å². The van der Waals surface area contributed by atoms with Crippen LogP contribution in [0.3, 0.4) is 0 Å². The Morgan fingerprint density at radius 3 is 2.62 bits per heavy atom. The number of benzene rings is 1. The fourth-order valence-electron chi connectivity index (χ4n) is 1.71. The Hall–Kier alpha value is -0.960. The van der Waals surface area contributed by atoms with Gasteiger partial charge in [0.05, 0.1) is 10.5 Å². The zero-order valence-electron chi connectivity index (χ0n) is 11.8. The van der Waals surface area contributed by atoms with E-state index < -0.39 is 16.0 Å². The molecule has 0 atom stereocenters. The minimum Gasteiger partial charge on any atom is -0.478 e. The number of carboxylic acids is 1. The van der Waals surface area contributed by atoms with E-state index in [0.717, 1.165) is 12.5 Å². The molecule has 0 spiro atoms. The minimum atomic E-state index is -3.76. The number of carboxylic acid groups (broad SMARTS) is 1. The molecule has 0 aliphatic carbocycles. The number of aryl methyl sites for hydroxylation is 1. The van der Waals surface area contributed by atoms with Gasteiger partial charge in [0.1, 0.15) is 0 Å². The van der Waals surface area contributed by atoms with Crippen molar-refractivity contribution in [3.8, 4) is 0 Å². The first-order chi connectivity index (χ1) is 9.79. The number of sulfonamides is 1. The lowest BCUT2D eigenvalue weighted by Gasteiger charge is -2.11. The highest BCUT2D eigenvalue weighted by molar-refractivity contribution is 9.10. The topological polar surface area (TPSA) is 92.7 Å². The second-order valence-corrected chi connectivity index (χ2v) is 7.04. The van der Waals surface area contributed by atoms with Crippen LogP contribution < -0.4 is 4.72 Å². The van der Waals surface area contributed by atoms with Crippen molar-refractivity contribution in [1.82, 2.24) is 4.72 Å². The van der Waals surface area contributed by atoms with E-state index in [4.69, 9.17) is 9.84 Å². The van der Waals surface area contributed by atoms with Crippen molar-refractivity contribution in [2.45, 2.75) is 24.7 Å². The third kappa shape index (κ3) is 5.06. The van der Waals surface area contributed by atoms with Gasteiger partial charge in [-0.15, -0.1) is 0 Å². The minimum absolute atomic E-state index is 0.0598. The first-order valence-electron chi connectivity index (χ1n) is 6.31. The SMILES string of the molecule is COCCCCNS(=O)(=O)c1cc(C(=O)O)cc(C)c1Br. The van der Waals surface area contributed by atoms with Crippen LogP contribution in [0.5, 0.6) is 0 Å². The average Bonchev–Trinajstić information content (AvgIpc) is 2.40. The molecule has 21 heavy (non-hydrogen) atoms. The molecule has 118 valence electrons. The van der Waals surface area contributed by atoms with E-state index in [2.05, 4.69) is 20.7 Å². The Morgan fingerprint density at radius 2 is 2.05 bits per heavy atom. The summed E-state index contributed by atoms with van der Waals surface area (Å²) in [6, 6.07) is 2.57. The molecule has 0 aliphatic heterocycles. The number of hydrogen-bond donors (Lipinski definition) is 2. The van der Waals surface area contributed by atoms with Crippen molar-refractivity contribution in [3.63, 3.8) is 0 Å². The standard InChI is InChI=1S/C13H18BrNO5S/c1-9-7-10(13(16)17)8-11(12(9)14)21(18,19)15-5-3-4-6-20-2/h7-8,15H,3-6H2,1-2H3,(H,16,17). The molecule has 1 rings (SSSR count). The zero-order chi connectivity index (χ0) is 16.0. The highest BCUT2D eigenvalue weighted by Gasteiger charge is 2.21. The Balaban J connectivity index is 2.94. The highest BCUT2D eigenvalue weighted by atomic mass is 79.9. The van der Waals surface area contributed by atoms with Crippen LogP contribution in [0.2, 0.25) is 0 Å². The van der Waals surface area contributed by atoms with Crippen LogP contribution in [0.4, 0.5) is 0 Å². The number of nitrogens with one attached hydrogen (secondary N) is 1. The first kappa shape index (κ1) is 18.1. The van der Waals surface area contributed by atoms with Gasteiger partial charge in [-0.05, 0) is 53.4 Å². The van der Waals surface area contributed by atoms with Gasteiger partial charge in [-0.1, -0.05) is 0 Å². The number of halogens is 1. The Morgan fingerprint density at radius 1 is 1.38 bits per heavy atom. The quantitative estimate of drug-likeness (QED) is 0.675. The van der Waals surface area contributed by atoms with Crippen molar-refractivity contribution in [2.24, 2.45) is 0 Å². The fraction of sp³-hybridized carbons (Fsp3) is 0.462. The van der Waals surface area contributed by atoms with E-state index in [0.29, 0.717) is 23.1 Å². The van der Waals surface area contributed by atoms with Crippen LogP contribution in [-0.2, 0) is 14.8 Å². The second-order valence-electron chi connectivity index (χ2n) is 4.51. The van der Waals surface area contributed by atoms with Crippen molar-refractivity contribution < 1.29 is 23.1 Å². The largest absolute Gasteiger partial charge is 0.478 e. The third-order valence-electron chi connectivity index (χ3n) is 2.82. The molecule has 0 fully saturated rings. The molecule has 0 aliphatic rings. The number of ether oxygens (including phenoxy) is 1. The van der Waals surface area contributed by atoms with E-state index in [1.54, 1.807) is 14.0 Å². The number of carbonyl (C=O) groups is 1. The summed E-state index contributed by atoms with van der Waals surface area (Å²) in [7, 11) is -2.17. The molecule has 0 heterocycles. The summed E-state index contributed by atoms with van der Waals surface area (Å²) in [5.74, 6) is -1.16. The zero-order valence-corrected chi connectivity index (χ0v) is 14.3. The summed E-state index contributed by atoms with van der Waals surface area (Å²) in [6.07, 6.45) is 1.39. The van der Waals surface area contributed by atoms with Gasteiger partial charge in [-0.2, -0.15) is 0 Å². The first-order valence-corrected chi connectivity index (χ1v) is 8.59. The van der Waals surface area contributed by atoms with Gasteiger partial charge in [0.2, 0.25) is 10.0 Å². The van der Waals surface area contributed by atoms with Gasteiger partial charge in [-0.25, -0.2) is 17.9 Å². The van der Waals surface area contributed by atoms with Crippen LogP contribution in [0, 0.1) is 6.92 Å². The van der Waals surface area contributed by atoms with E-state index in [-0.39, 0.29) is 17.0 Å². The van der Waals surface area contributed by atoms with Gasteiger partial charge >= 0.3 is 5.97 Å². The lowest BCUT2D eigenvalue weighted by atomic mass is 10.1. The molecule has 1 aromatic rings. The molecule has 2 N–H and O–H groups in total. The molecule has 0 saturated carbocycles.